The van der Waals surface area contributed by atoms with Gasteiger partial charge in [-0.2, -0.15) is 8.42 Å². The summed E-state index contributed by atoms with van der Waals surface area (Å²) in [5.41, 5.74) is 0.109. The van der Waals surface area contributed by atoms with E-state index in [4.69, 9.17) is 18.5 Å². The first-order chi connectivity index (χ1) is 15.5. The molecule has 3 rings (SSSR count). The summed E-state index contributed by atoms with van der Waals surface area (Å²) in [6, 6.07) is 5.54. The fraction of sp³-hybridized carbons (Fsp3) is 0.333. The highest BCUT2D eigenvalue weighted by Gasteiger charge is 2.32. The van der Waals surface area contributed by atoms with Gasteiger partial charge in [0, 0.05) is 36.4 Å². The summed E-state index contributed by atoms with van der Waals surface area (Å²) in [5.74, 6) is -1.83. The molecule has 0 aliphatic carbocycles. The average molecular weight is 486 g/mol. The minimum Gasteiger partial charge on any atom is -0.429 e. The fourth-order valence-electron chi connectivity index (χ4n) is 2.86. The van der Waals surface area contributed by atoms with Crippen LogP contribution in [0.4, 0.5) is 9.59 Å². The van der Waals surface area contributed by atoms with Gasteiger partial charge in [0.05, 0.1) is 0 Å². The number of carbonyl (C=O) groups excluding carboxylic acids is 3. The number of hydrogen-bond acceptors (Lipinski definition) is 11. The highest BCUT2D eigenvalue weighted by atomic mass is 32.2. The number of hydroxylamine groups is 2. The van der Waals surface area contributed by atoms with Gasteiger partial charge in [0.1, 0.15) is 12.2 Å². The second-order valence-electron chi connectivity index (χ2n) is 6.78. The molecule has 15 heteroatoms. The topological polar surface area (TPSA) is 199 Å². The minimum absolute atomic E-state index is 0.0541. The van der Waals surface area contributed by atoms with Crippen LogP contribution in [0, 0.1) is 0 Å². The number of hydrogen-bond donors (Lipinski definition) is 3. The van der Waals surface area contributed by atoms with E-state index >= 15 is 0 Å². The maximum Gasteiger partial charge on any atom is 0.509 e. The van der Waals surface area contributed by atoms with Crippen molar-refractivity contribution >= 4 is 39.2 Å². The highest BCUT2D eigenvalue weighted by molar-refractivity contribution is 7.85. The number of amides is 2. The van der Waals surface area contributed by atoms with Crippen molar-refractivity contribution in [3.05, 3.63) is 45.8 Å². The van der Waals surface area contributed by atoms with E-state index in [1.807, 2.05) is 0 Å². The van der Waals surface area contributed by atoms with Gasteiger partial charge in [-0.3, -0.25) is 9.35 Å². The van der Waals surface area contributed by atoms with Crippen LogP contribution in [0.25, 0.3) is 11.0 Å². The predicted molar refractivity (Wildman–Crippen MR) is 106 cm³/mol. The number of aliphatic hydroxyl groups is 1. The molecular formula is C18H18N2O12S. The Bertz CT molecular complexity index is 1240. The lowest BCUT2D eigenvalue weighted by molar-refractivity contribution is -0.189. The molecule has 0 bridgehead atoms. The highest BCUT2D eigenvalue weighted by Crippen LogP contribution is 2.20. The van der Waals surface area contributed by atoms with E-state index in [0.717, 1.165) is 6.07 Å². The van der Waals surface area contributed by atoms with Gasteiger partial charge in [-0.25, -0.2) is 14.4 Å². The Balaban J connectivity index is 1.66. The summed E-state index contributed by atoms with van der Waals surface area (Å²) in [6.45, 7) is -0.553. The number of benzene rings is 1. The first-order valence-electron chi connectivity index (χ1n) is 9.28. The van der Waals surface area contributed by atoms with Crippen molar-refractivity contribution in [3.8, 4) is 0 Å². The normalized spacial score (nSPS) is 16.0. The van der Waals surface area contributed by atoms with E-state index in [2.05, 4.69) is 10.1 Å². The summed E-state index contributed by atoms with van der Waals surface area (Å²) in [7, 11) is -4.54. The van der Waals surface area contributed by atoms with Crippen LogP contribution in [0.5, 0.6) is 0 Å². The summed E-state index contributed by atoms with van der Waals surface area (Å²) in [5, 5.41) is 12.9. The molecule has 14 nitrogen and oxygen atoms in total. The van der Waals surface area contributed by atoms with Gasteiger partial charge in [0.2, 0.25) is 5.94 Å². The lowest BCUT2D eigenvalue weighted by atomic mass is 10.1. The maximum absolute atomic E-state index is 11.9. The molecule has 2 heterocycles. The fourth-order valence-corrected chi connectivity index (χ4v) is 3.10. The average Bonchev–Trinajstić information content (AvgIpc) is 3.06. The number of carbonyl (C=O) groups is 3. The van der Waals surface area contributed by atoms with Crippen molar-refractivity contribution in [1.82, 2.24) is 10.4 Å². The minimum atomic E-state index is -4.54. The third-order valence-corrected chi connectivity index (χ3v) is 4.73. The number of ether oxygens (including phenoxy) is 2. The Morgan fingerprint density at radius 3 is 2.64 bits per heavy atom. The maximum atomic E-state index is 11.9. The lowest BCUT2D eigenvalue weighted by Crippen LogP contribution is -2.38. The molecule has 0 saturated carbocycles. The molecule has 3 N–H and O–H groups in total. The summed E-state index contributed by atoms with van der Waals surface area (Å²) >= 11 is 0. The Kier molecular flexibility index (Phi) is 7.15. The van der Waals surface area contributed by atoms with Crippen LogP contribution >= 0.6 is 0 Å². The number of fused-ring (bicyclic) bond motifs is 1. The van der Waals surface area contributed by atoms with Gasteiger partial charge in [-0.1, -0.05) is 6.07 Å². The molecule has 178 valence electrons. The molecule has 2 aromatic rings. The van der Waals surface area contributed by atoms with Crippen LogP contribution in [0.1, 0.15) is 24.0 Å². The Hall–Kier alpha value is -3.69. The molecule has 1 aliphatic rings. The smallest absolute Gasteiger partial charge is 0.429 e. The second-order valence-corrected chi connectivity index (χ2v) is 8.17. The first kappa shape index (κ1) is 24.0. The lowest BCUT2D eigenvalue weighted by Gasteiger charge is -2.18. The standard InChI is InChI=1S/C18H18N2O12S/c21-14-3-4-15(22)20(14)32-17(24)19-7-10-1-2-13-12(5-10)11(6-16(23)31-13)8-29-18(25)30-9-33(26,27)28/h1-2,5-6,14,21H,3-4,7-9H2,(H,19,24)(H,26,27,28). The SMILES string of the molecule is O=C(NCc1ccc2oc(=O)cc(COC(=O)OCS(=O)(=O)O)c2c1)ON1C(=O)CCC1O. The number of nitrogens with one attached hydrogen (secondary N) is 1. The van der Waals surface area contributed by atoms with Crippen LogP contribution in [-0.2, 0) is 42.4 Å². The Labute approximate surface area is 185 Å². The van der Waals surface area contributed by atoms with Crippen molar-refractivity contribution in [2.45, 2.75) is 32.2 Å². The largest absolute Gasteiger partial charge is 0.509 e. The van der Waals surface area contributed by atoms with Crippen molar-refractivity contribution in [2.24, 2.45) is 0 Å². The van der Waals surface area contributed by atoms with Gasteiger partial charge in [-0.15, -0.1) is 5.06 Å². The van der Waals surface area contributed by atoms with Gasteiger partial charge < -0.3 is 29.2 Å². The first-order valence-corrected chi connectivity index (χ1v) is 10.9. The zero-order valence-electron chi connectivity index (χ0n) is 16.8. The van der Waals surface area contributed by atoms with Gasteiger partial charge in [-0.05, 0) is 17.7 Å². The van der Waals surface area contributed by atoms with E-state index in [1.54, 1.807) is 0 Å². The zero-order chi connectivity index (χ0) is 24.2. The molecule has 2 amide bonds. The molecule has 1 unspecified atom stereocenters. The quantitative estimate of drug-likeness (QED) is 0.276. The molecule has 1 atom stereocenters. The Morgan fingerprint density at radius 2 is 1.97 bits per heavy atom. The summed E-state index contributed by atoms with van der Waals surface area (Å²) < 4.78 is 43.8. The van der Waals surface area contributed by atoms with Gasteiger partial charge >= 0.3 is 28.0 Å². The van der Waals surface area contributed by atoms with Crippen LogP contribution in [0.2, 0.25) is 0 Å². The summed E-state index contributed by atoms with van der Waals surface area (Å²) in [6.07, 6.45) is -3.38. The van der Waals surface area contributed by atoms with Crippen molar-refractivity contribution in [2.75, 3.05) is 5.94 Å². The van der Waals surface area contributed by atoms with Crippen molar-refractivity contribution < 1.29 is 51.2 Å². The van der Waals surface area contributed by atoms with Crippen molar-refractivity contribution in [1.29, 1.82) is 0 Å². The molecule has 0 spiro atoms. The van der Waals surface area contributed by atoms with Gasteiger partial charge in [0.15, 0.2) is 6.23 Å². The summed E-state index contributed by atoms with van der Waals surface area (Å²) in [4.78, 5) is 51.5. The zero-order valence-corrected chi connectivity index (χ0v) is 17.6. The molecule has 1 saturated heterocycles. The van der Waals surface area contributed by atoms with Gasteiger partial charge in [0.25, 0.3) is 5.91 Å². The number of aliphatic hydroxyl groups excluding tert-OH is 1. The van der Waals surface area contributed by atoms with E-state index in [-0.39, 0.29) is 30.5 Å². The van der Waals surface area contributed by atoms with Crippen LogP contribution in [-0.4, -0.2) is 53.5 Å². The molecule has 33 heavy (non-hydrogen) atoms. The number of nitrogens with zero attached hydrogens (tertiary/aromatic N) is 1. The second kappa shape index (κ2) is 9.85. The van der Waals surface area contributed by atoms with Crippen LogP contribution in [0.15, 0.2) is 33.5 Å². The molecule has 1 aliphatic heterocycles. The third kappa shape index (κ3) is 6.64. The van der Waals surface area contributed by atoms with E-state index in [9.17, 15) is 32.7 Å². The molecular weight excluding hydrogens is 468 g/mol. The predicted octanol–water partition coefficient (Wildman–Crippen LogP) is 0.373. The Morgan fingerprint density at radius 1 is 1.21 bits per heavy atom. The van der Waals surface area contributed by atoms with E-state index in [0.29, 0.717) is 16.0 Å². The van der Waals surface area contributed by atoms with E-state index in [1.165, 1.54) is 18.2 Å². The number of rotatable bonds is 7. The monoisotopic (exact) mass is 486 g/mol. The third-order valence-electron chi connectivity index (χ3n) is 4.31. The molecule has 0 radical (unpaired) electrons. The van der Waals surface area contributed by atoms with Crippen LogP contribution in [0.3, 0.4) is 0 Å². The molecule has 1 aromatic heterocycles. The van der Waals surface area contributed by atoms with Crippen LogP contribution < -0.4 is 10.9 Å². The van der Waals surface area contributed by atoms with Crippen molar-refractivity contribution in [3.63, 3.8) is 0 Å². The van der Waals surface area contributed by atoms with E-state index < -0.39 is 52.7 Å². The molecule has 1 aromatic carbocycles. The molecule has 1 fully saturated rings.